The van der Waals surface area contributed by atoms with Crippen LogP contribution in [0.25, 0.3) is 0 Å². The zero-order valence-corrected chi connectivity index (χ0v) is 14.1. The summed E-state index contributed by atoms with van der Waals surface area (Å²) in [7, 11) is 0. The topological polar surface area (TPSA) is 52.3 Å². The molecule has 0 aliphatic heterocycles. The molecule has 21 heavy (non-hydrogen) atoms. The van der Waals surface area contributed by atoms with E-state index in [4.69, 9.17) is 10.5 Å². The molecule has 3 heteroatoms. The van der Waals surface area contributed by atoms with Gasteiger partial charge in [-0.2, -0.15) is 0 Å². The predicted molar refractivity (Wildman–Crippen MR) is 85.8 cm³/mol. The van der Waals surface area contributed by atoms with E-state index in [2.05, 4.69) is 20.8 Å². The Bertz CT molecular complexity index is 347. The molecule has 0 aromatic carbocycles. The smallest absolute Gasteiger partial charge is 0.313 e. The van der Waals surface area contributed by atoms with Crippen LogP contribution < -0.4 is 5.73 Å². The number of carbonyl (C=O) groups excluding carboxylic acids is 1. The highest BCUT2D eigenvalue weighted by Crippen LogP contribution is 2.40. The number of nitrogens with two attached hydrogens (primary N) is 1. The van der Waals surface area contributed by atoms with Gasteiger partial charge in [0.15, 0.2) is 0 Å². The Kier molecular flexibility index (Phi) is 5.70. The maximum atomic E-state index is 12.8. The van der Waals surface area contributed by atoms with Gasteiger partial charge in [-0.25, -0.2) is 0 Å². The molecule has 0 aromatic heterocycles. The summed E-state index contributed by atoms with van der Waals surface area (Å²) < 4.78 is 6.05. The van der Waals surface area contributed by atoms with Crippen LogP contribution >= 0.6 is 0 Å². The van der Waals surface area contributed by atoms with Gasteiger partial charge in [0.05, 0.1) is 5.41 Å². The van der Waals surface area contributed by atoms with Crippen molar-refractivity contribution in [2.45, 2.75) is 78.2 Å². The van der Waals surface area contributed by atoms with Crippen LogP contribution in [0.3, 0.4) is 0 Å². The quantitative estimate of drug-likeness (QED) is 0.800. The highest BCUT2D eigenvalue weighted by atomic mass is 16.5. The van der Waals surface area contributed by atoms with Gasteiger partial charge in [0.25, 0.3) is 0 Å². The minimum atomic E-state index is -0.388. The molecule has 0 amide bonds. The summed E-state index contributed by atoms with van der Waals surface area (Å²) in [6.45, 7) is 7.22. The van der Waals surface area contributed by atoms with Gasteiger partial charge in [-0.15, -0.1) is 0 Å². The molecule has 2 aliphatic carbocycles. The molecule has 2 aliphatic rings. The van der Waals surface area contributed by atoms with E-state index in [1.807, 2.05) is 0 Å². The summed E-state index contributed by atoms with van der Waals surface area (Å²) in [4.78, 5) is 12.8. The lowest BCUT2D eigenvalue weighted by Crippen LogP contribution is -2.45. The first-order valence-corrected chi connectivity index (χ1v) is 8.89. The first-order chi connectivity index (χ1) is 9.98. The number of hydrogen-bond acceptors (Lipinski definition) is 3. The first-order valence-electron chi connectivity index (χ1n) is 8.89. The van der Waals surface area contributed by atoms with E-state index < -0.39 is 0 Å². The van der Waals surface area contributed by atoms with Crippen LogP contribution in [0.4, 0.5) is 0 Å². The number of hydrogen-bond donors (Lipinski definition) is 1. The van der Waals surface area contributed by atoms with E-state index in [9.17, 15) is 4.79 Å². The van der Waals surface area contributed by atoms with E-state index in [0.717, 1.165) is 32.1 Å². The summed E-state index contributed by atoms with van der Waals surface area (Å²) in [6.07, 6.45) is 8.85. The Morgan fingerprint density at radius 3 is 2.48 bits per heavy atom. The summed E-state index contributed by atoms with van der Waals surface area (Å²) in [6, 6.07) is 0. The van der Waals surface area contributed by atoms with Crippen molar-refractivity contribution in [2.75, 3.05) is 6.54 Å². The maximum absolute atomic E-state index is 12.8. The third-order valence-corrected chi connectivity index (χ3v) is 5.85. The van der Waals surface area contributed by atoms with Crippen LogP contribution in [-0.2, 0) is 9.53 Å². The molecule has 0 aromatic rings. The fourth-order valence-electron chi connectivity index (χ4n) is 4.23. The second-order valence-corrected chi connectivity index (χ2v) is 7.81. The highest BCUT2D eigenvalue weighted by molar-refractivity contribution is 5.77. The zero-order valence-electron chi connectivity index (χ0n) is 14.1. The molecular weight excluding hydrogens is 262 g/mol. The Balaban J connectivity index is 2.04. The molecule has 2 fully saturated rings. The molecule has 0 bridgehead atoms. The Labute approximate surface area is 130 Å². The van der Waals surface area contributed by atoms with Crippen molar-refractivity contribution < 1.29 is 9.53 Å². The molecule has 122 valence electrons. The second-order valence-electron chi connectivity index (χ2n) is 7.81. The van der Waals surface area contributed by atoms with Gasteiger partial charge >= 0.3 is 5.97 Å². The fraction of sp³-hybridized carbons (Fsp3) is 0.944. The minimum absolute atomic E-state index is 0.00514. The molecule has 0 heterocycles. The largest absolute Gasteiger partial charge is 0.462 e. The third-order valence-electron chi connectivity index (χ3n) is 5.85. The van der Waals surface area contributed by atoms with Crippen LogP contribution in [-0.4, -0.2) is 18.6 Å². The van der Waals surface area contributed by atoms with Crippen LogP contribution in [0, 0.1) is 23.2 Å². The summed E-state index contributed by atoms with van der Waals surface area (Å²) >= 11 is 0. The van der Waals surface area contributed by atoms with Crippen molar-refractivity contribution in [3.05, 3.63) is 0 Å². The Morgan fingerprint density at radius 2 is 1.90 bits per heavy atom. The minimum Gasteiger partial charge on any atom is -0.462 e. The molecule has 0 saturated heterocycles. The predicted octanol–water partition coefficient (Wildman–Crippen LogP) is 3.90. The van der Waals surface area contributed by atoms with Crippen LogP contribution in [0.1, 0.15) is 72.1 Å². The molecule has 2 saturated carbocycles. The van der Waals surface area contributed by atoms with E-state index in [-0.39, 0.29) is 17.5 Å². The standard InChI is InChI=1S/C18H33NO2/c1-13(2)15-8-7-14(3)11-16(15)21-17(20)18(12-19)9-5-4-6-10-18/h13-16H,4-12,19H2,1-3H3. The summed E-state index contributed by atoms with van der Waals surface area (Å²) in [5, 5.41) is 0. The molecule has 2 N–H and O–H groups in total. The van der Waals surface area contributed by atoms with E-state index in [1.165, 1.54) is 19.3 Å². The lowest BCUT2D eigenvalue weighted by Gasteiger charge is -2.40. The third kappa shape index (κ3) is 3.80. The average molecular weight is 295 g/mol. The van der Waals surface area contributed by atoms with Gasteiger partial charge in [-0.1, -0.05) is 46.5 Å². The Morgan fingerprint density at radius 1 is 1.24 bits per heavy atom. The van der Waals surface area contributed by atoms with E-state index in [1.54, 1.807) is 0 Å². The highest BCUT2D eigenvalue weighted by Gasteiger charge is 2.42. The van der Waals surface area contributed by atoms with Crippen LogP contribution in [0.15, 0.2) is 0 Å². The van der Waals surface area contributed by atoms with E-state index >= 15 is 0 Å². The number of rotatable bonds is 4. The van der Waals surface area contributed by atoms with Crippen molar-refractivity contribution >= 4 is 5.97 Å². The number of carbonyl (C=O) groups is 1. The van der Waals surface area contributed by atoms with Crippen LogP contribution in [0.5, 0.6) is 0 Å². The monoisotopic (exact) mass is 295 g/mol. The van der Waals surface area contributed by atoms with Gasteiger partial charge in [-0.3, -0.25) is 4.79 Å². The van der Waals surface area contributed by atoms with Crippen molar-refractivity contribution in [3.8, 4) is 0 Å². The summed E-state index contributed by atoms with van der Waals surface area (Å²) in [5.74, 6) is 1.76. The molecular formula is C18H33NO2. The molecule has 2 rings (SSSR count). The Hall–Kier alpha value is -0.570. The second kappa shape index (κ2) is 7.13. The van der Waals surface area contributed by atoms with Crippen molar-refractivity contribution in [3.63, 3.8) is 0 Å². The normalized spacial score (nSPS) is 32.9. The molecule has 0 radical (unpaired) electrons. The lowest BCUT2D eigenvalue weighted by molar-refractivity contribution is -0.170. The number of esters is 1. The summed E-state index contributed by atoms with van der Waals surface area (Å²) in [5.41, 5.74) is 5.58. The number of ether oxygens (including phenoxy) is 1. The van der Waals surface area contributed by atoms with Gasteiger partial charge in [0.2, 0.25) is 0 Å². The molecule has 3 nitrogen and oxygen atoms in total. The molecule has 0 spiro atoms. The SMILES string of the molecule is CC1CCC(C(C)C)C(OC(=O)C2(CN)CCCCC2)C1. The van der Waals surface area contributed by atoms with Crippen molar-refractivity contribution in [1.29, 1.82) is 0 Å². The molecule has 3 atom stereocenters. The van der Waals surface area contributed by atoms with Gasteiger partial charge in [-0.05, 0) is 43.4 Å². The van der Waals surface area contributed by atoms with Crippen LogP contribution in [0.2, 0.25) is 0 Å². The van der Waals surface area contributed by atoms with E-state index in [0.29, 0.717) is 24.3 Å². The molecule has 3 unspecified atom stereocenters. The zero-order chi connectivity index (χ0) is 15.5. The fourth-order valence-corrected chi connectivity index (χ4v) is 4.23. The average Bonchev–Trinajstić information content (AvgIpc) is 2.47. The van der Waals surface area contributed by atoms with Gasteiger partial charge < -0.3 is 10.5 Å². The van der Waals surface area contributed by atoms with Gasteiger partial charge in [0, 0.05) is 6.54 Å². The maximum Gasteiger partial charge on any atom is 0.313 e. The first kappa shape index (κ1) is 16.8. The van der Waals surface area contributed by atoms with Crippen molar-refractivity contribution in [2.24, 2.45) is 28.9 Å². The van der Waals surface area contributed by atoms with Gasteiger partial charge in [0.1, 0.15) is 6.10 Å². The van der Waals surface area contributed by atoms with Crippen molar-refractivity contribution in [1.82, 2.24) is 0 Å². The lowest BCUT2D eigenvalue weighted by atomic mass is 9.73.